The highest BCUT2D eigenvalue weighted by atomic mass is 32.2. The molecule has 0 spiro atoms. The molecule has 3 rings (SSSR count). The van der Waals surface area contributed by atoms with Crippen LogP contribution in [-0.4, -0.2) is 39.9 Å². The van der Waals surface area contributed by atoms with Gasteiger partial charge in [0.05, 0.1) is 29.1 Å². The van der Waals surface area contributed by atoms with Crippen molar-refractivity contribution in [3.05, 3.63) is 84.4 Å². The van der Waals surface area contributed by atoms with Crippen molar-refractivity contribution in [3.8, 4) is 5.75 Å². The summed E-state index contributed by atoms with van der Waals surface area (Å²) in [7, 11) is -0.596. The Morgan fingerprint density at radius 3 is 2.23 bits per heavy atom. The number of hydrogen-bond acceptors (Lipinski definition) is 5. The first kappa shape index (κ1) is 21.4. The van der Waals surface area contributed by atoms with Crippen LogP contribution in [0.15, 0.2) is 88.7 Å². The Morgan fingerprint density at radius 2 is 1.60 bits per heavy atom. The predicted molar refractivity (Wildman–Crippen MR) is 116 cm³/mol. The minimum absolute atomic E-state index is 0.0347. The van der Waals surface area contributed by atoms with Crippen LogP contribution < -0.4 is 10.1 Å². The topological polar surface area (TPSA) is 75.7 Å². The fourth-order valence-corrected chi connectivity index (χ4v) is 4.45. The van der Waals surface area contributed by atoms with Crippen LogP contribution in [0.2, 0.25) is 0 Å². The molecule has 0 radical (unpaired) electrons. The van der Waals surface area contributed by atoms with E-state index in [2.05, 4.69) is 5.32 Å². The summed E-state index contributed by atoms with van der Waals surface area (Å²) in [4.78, 5) is 14.4. The summed E-state index contributed by atoms with van der Waals surface area (Å²) in [5.41, 5.74) is 1.37. The minimum Gasteiger partial charge on any atom is -0.497 e. The molecule has 30 heavy (non-hydrogen) atoms. The Morgan fingerprint density at radius 1 is 0.967 bits per heavy atom. The van der Waals surface area contributed by atoms with E-state index in [1.807, 2.05) is 30.3 Å². The Hall–Kier alpha value is -3.32. The van der Waals surface area contributed by atoms with Gasteiger partial charge in [-0.05, 0) is 29.8 Å². The number of likely N-dealkylation sites (N-methyl/N-ethyl adjacent to an activating group) is 1. The van der Waals surface area contributed by atoms with Gasteiger partial charge in [-0.3, -0.25) is 4.79 Å². The monoisotopic (exact) mass is 424 g/mol. The van der Waals surface area contributed by atoms with Gasteiger partial charge in [0.2, 0.25) is 15.7 Å². The highest BCUT2D eigenvalue weighted by Crippen LogP contribution is 2.31. The molecule has 0 fully saturated rings. The number of anilines is 1. The van der Waals surface area contributed by atoms with Gasteiger partial charge < -0.3 is 15.0 Å². The predicted octanol–water partition coefficient (Wildman–Crippen LogP) is 3.60. The molecular weight excluding hydrogens is 400 g/mol. The Kier molecular flexibility index (Phi) is 6.74. The molecule has 0 saturated heterocycles. The minimum atomic E-state index is -3.79. The van der Waals surface area contributed by atoms with E-state index in [9.17, 15) is 13.2 Å². The fraction of sp³-hybridized carbons (Fsp3) is 0.174. The third-order valence-corrected chi connectivity index (χ3v) is 6.46. The van der Waals surface area contributed by atoms with E-state index in [4.69, 9.17) is 4.74 Å². The summed E-state index contributed by atoms with van der Waals surface area (Å²) in [6, 6.07) is 22.6. The standard InChI is InChI=1S/C23H24N2O4S/c1-25(17-18-9-5-3-6-10-18)23(26)16-24-21-14-13-19(29-2)15-22(21)30(27,28)20-11-7-4-8-12-20/h3-15,24H,16-17H2,1-2H3. The van der Waals surface area contributed by atoms with E-state index in [0.29, 0.717) is 18.0 Å². The van der Waals surface area contributed by atoms with Crippen LogP contribution >= 0.6 is 0 Å². The molecule has 3 aromatic carbocycles. The number of rotatable bonds is 8. The molecule has 7 heteroatoms. The number of nitrogens with zero attached hydrogens (tertiary/aromatic N) is 1. The maximum Gasteiger partial charge on any atom is 0.241 e. The quantitative estimate of drug-likeness (QED) is 0.598. The van der Waals surface area contributed by atoms with Gasteiger partial charge >= 0.3 is 0 Å². The second kappa shape index (κ2) is 9.45. The number of amides is 1. The van der Waals surface area contributed by atoms with Crippen molar-refractivity contribution in [3.63, 3.8) is 0 Å². The van der Waals surface area contributed by atoms with Crippen molar-refractivity contribution in [2.24, 2.45) is 0 Å². The fourth-order valence-electron chi connectivity index (χ4n) is 2.98. The van der Waals surface area contributed by atoms with Crippen LogP contribution in [0, 0.1) is 0 Å². The molecule has 6 nitrogen and oxygen atoms in total. The van der Waals surface area contributed by atoms with Gasteiger partial charge in [0.1, 0.15) is 5.75 Å². The highest BCUT2D eigenvalue weighted by Gasteiger charge is 2.23. The zero-order chi connectivity index (χ0) is 21.6. The van der Waals surface area contributed by atoms with Gasteiger partial charge in [0.25, 0.3) is 0 Å². The number of nitrogens with one attached hydrogen (secondary N) is 1. The summed E-state index contributed by atoms with van der Waals surface area (Å²) < 4.78 is 31.5. The molecule has 3 aromatic rings. The number of carbonyl (C=O) groups is 1. The van der Waals surface area contributed by atoms with Crippen molar-refractivity contribution in [2.75, 3.05) is 26.0 Å². The number of methoxy groups -OCH3 is 1. The van der Waals surface area contributed by atoms with Gasteiger partial charge in [-0.2, -0.15) is 0 Å². The van der Waals surface area contributed by atoms with Crippen LogP contribution in [0.4, 0.5) is 5.69 Å². The molecule has 0 saturated carbocycles. The highest BCUT2D eigenvalue weighted by molar-refractivity contribution is 7.91. The normalized spacial score (nSPS) is 11.0. The smallest absolute Gasteiger partial charge is 0.241 e. The molecule has 1 amide bonds. The summed E-state index contributed by atoms with van der Waals surface area (Å²) in [6.45, 7) is 0.437. The third kappa shape index (κ3) is 4.99. The summed E-state index contributed by atoms with van der Waals surface area (Å²) in [6.07, 6.45) is 0. The van der Waals surface area contributed by atoms with Gasteiger partial charge in [-0.15, -0.1) is 0 Å². The second-order valence-electron chi connectivity index (χ2n) is 6.77. The molecule has 0 heterocycles. The molecular formula is C23H24N2O4S. The zero-order valence-electron chi connectivity index (χ0n) is 16.9. The van der Waals surface area contributed by atoms with E-state index in [-0.39, 0.29) is 22.2 Å². The second-order valence-corrected chi connectivity index (χ2v) is 8.69. The van der Waals surface area contributed by atoms with Crippen LogP contribution in [0.5, 0.6) is 5.75 Å². The number of ether oxygens (including phenoxy) is 1. The lowest BCUT2D eigenvalue weighted by atomic mass is 10.2. The zero-order valence-corrected chi connectivity index (χ0v) is 17.7. The Labute approximate surface area is 177 Å². The molecule has 156 valence electrons. The number of benzene rings is 3. The lowest BCUT2D eigenvalue weighted by molar-refractivity contribution is -0.128. The molecule has 0 aliphatic heterocycles. The summed E-state index contributed by atoms with van der Waals surface area (Å²) in [5.74, 6) is 0.264. The number of carbonyl (C=O) groups excluding carboxylic acids is 1. The molecule has 0 aliphatic carbocycles. The van der Waals surface area contributed by atoms with E-state index in [1.165, 1.54) is 25.3 Å². The SMILES string of the molecule is COc1ccc(NCC(=O)N(C)Cc2ccccc2)c(S(=O)(=O)c2ccccc2)c1. The van der Waals surface area contributed by atoms with Gasteiger partial charge in [-0.25, -0.2) is 8.42 Å². The molecule has 0 aromatic heterocycles. The lowest BCUT2D eigenvalue weighted by Crippen LogP contribution is -2.32. The maximum absolute atomic E-state index is 13.2. The lowest BCUT2D eigenvalue weighted by Gasteiger charge is -2.19. The van der Waals surface area contributed by atoms with E-state index < -0.39 is 9.84 Å². The third-order valence-electron chi connectivity index (χ3n) is 4.65. The van der Waals surface area contributed by atoms with Crippen LogP contribution in [0.3, 0.4) is 0 Å². The molecule has 1 N–H and O–H groups in total. The van der Waals surface area contributed by atoms with Crippen molar-refractivity contribution < 1.29 is 17.9 Å². The van der Waals surface area contributed by atoms with Crippen molar-refractivity contribution in [1.29, 1.82) is 0 Å². The number of hydrogen-bond donors (Lipinski definition) is 1. The molecule has 0 unspecified atom stereocenters. The largest absolute Gasteiger partial charge is 0.497 e. The van der Waals surface area contributed by atoms with Crippen LogP contribution in [-0.2, 0) is 21.2 Å². The average Bonchev–Trinajstić information content (AvgIpc) is 2.78. The molecule has 0 aliphatic rings. The van der Waals surface area contributed by atoms with Crippen LogP contribution in [0.1, 0.15) is 5.56 Å². The van der Waals surface area contributed by atoms with Gasteiger partial charge in [0, 0.05) is 19.7 Å². The summed E-state index contributed by atoms with van der Waals surface area (Å²) >= 11 is 0. The van der Waals surface area contributed by atoms with E-state index in [1.54, 1.807) is 42.3 Å². The Balaban J connectivity index is 1.80. The van der Waals surface area contributed by atoms with E-state index >= 15 is 0 Å². The molecule has 0 bridgehead atoms. The maximum atomic E-state index is 13.2. The van der Waals surface area contributed by atoms with Crippen molar-refractivity contribution in [2.45, 2.75) is 16.3 Å². The Bertz CT molecular complexity index is 1100. The summed E-state index contributed by atoms with van der Waals surface area (Å²) in [5, 5.41) is 2.98. The first-order chi connectivity index (χ1) is 14.4. The number of sulfone groups is 1. The first-order valence-electron chi connectivity index (χ1n) is 9.42. The van der Waals surface area contributed by atoms with Gasteiger partial charge in [0.15, 0.2) is 0 Å². The van der Waals surface area contributed by atoms with E-state index in [0.717, 1.165) is 5.56 Å². The van der Waals surface area contributed by atoms with Gasteiger partial charge in [-0.1, -0.05) is 48.5 Å². The first-order valence-corrected chi connectivity index (χ1v) is 10.9. The van der Waals surface area contributed by atoms with Crippen LogP contribution in [0.25, 0.3) is 0 Å². The average molecular weight is 425 g/mol. The molecule has 0 atom stereocenters. The van der Waals surface area contributed by atoms with Crippen molar-refractivity contribution in [1.82, 2.24) is 4.90 Å². The van der Waals surface area contributed by atoms with Crippen molar-refractivity contribution >= 4 is 21.4 Å².